The standard InChI is InChI=1S/C18H26N4S.HI/c1-5-19-18(21-13-17-10-9-14(2)23-17)20-12-15-7-6-8-16(11-15)22(3)4;/h6-11H,5,12-13H2,1-4H3,(H2,19,20,21);1H. The van der Waals surface area contributed by atoms with Crippen LogP contribution in [0, 0.1) is 6.92 Å². The molecule has 24 heavy (non-hydrogen) atoms. The van der Waals surface area contributed by atoms with Crippen LogP contribution >= 0.6 is 35.3 Å². The van der Waals surface area contributed by atoms with E-state index in [1.165, 1.54) is 21.0 Å². The summed E-state index contributed by atoms with van der Waals surface area (Å²) in [6, 6.07) is 12.8. The van der Waals surface area contributed by atoms with E-state index in [0.717, 1.165) is 19.0 Å². The van der Waals surface area contributed by atoms with Crippen LogP contribution in [0.3, 0.4) is 0 Å². The quantitative estimate of drug-likeness (QED) is 0.391. The predicted molar refractivity (Wildman–Crippen MR) is 117 cm³/mol. The molecule has 2 aromatic rings. The summed E-state index contributed by atoms with van der Waals surface area (Å²) in [5.74, 6) is 0.855. The first-order valence-electron chi connectivity index (χ1n) is 7.92. The normalized spacial score (nSPS) is 10.9. The fourth-order valence-electron chi connectivity index (χ4n) is 2.20. The Labute approximate surface area is 166 Å². The van der Waals surface area contributed by atoms with Crippen LogP contribution in [0.15, 0.2) is 41.4 Å². The third kappa shape index (κ3) is 6.68. The zero-order chi connectivity index (χ0) is 16.7. The minimum atomic E-state index is 0. The Balaban J connectivity index is 0.00000288. The van der Waals surface area contributed by atoms with Gasteiger partial charge in [-0.05, 0) is 43.7 Å². The number of aliphatic imine (C=N–C) groups is 1. The lowest BCUT2D eigenvalue weighted by molar-refractivity contribution is 0.823. The smallest absolute Gasteiger partial charge is 0.191 e. The number of nitrogens with zero attached hydrogens (tertiary/aromatic N) is 2. The van der Waals surface area contributed by atoms with E-state index in [1.807, 2.05) is 11.3 Å². The molecule has 2 rings (SSSR count). The van der Waals surface area contributed by atoms with Gasteiger partial charge in [0.25, 0.3) is 0 Å². The summed E-state index contributed by atoms with van der Waals surface area (Å²) in [5.41, 5.74) is 2.41. The monoisotopic (exact) mass is 458 g/mol. The number of thiophene rings is 1. The Bertz CT molecular complexity index is 652. The Kier molecular flexibility index (Phi) is 9.13. The van der Waals surface area contributed by atoms with Gasteiger partial charge in [0.1, 0.15) is 0 Å². The highest BCUT2D eigenvalue weighted by Crippen LogP contribution is 2.15. The Morgan fingerprint density at radius 3 is 2.58 bits per heavy atom. The molecule has 0 fully saturated rings. The van der Waals surface area contributed by atoms with Gasteiger partial charge in [0, 0.05) is 36.1 Å². The summed E-state index contributed by atoms with van der Waals surface area (Å²) in [4.78, 5) is 9.45. The maximum atomic E-state index is 4.69. The molecule has 1 aromatic carbocycles. The second kappa shape index (κ2) is 10.6. The van der Waals surface area contributed by atoms with Gasteiger partial charge in [-0.3, -0.25) is 0 Å². The van der Waals surface area contributed by atoms with Crippen molar-refractivity contribution in [2.45, 2.75) is 26.9 Å². The van der Waals surface area contributed by atoms with Crippen molar-refractivity contribution in [2.24, 2.45) is 4.99 Å². The Hall–Kier alpha value is -1.28. The number of halogens is 1. The van der Waals surface area contributed by atoms with E-state index in [0.29, 0.717) is 6.54 Å². The maximum Gasteiger partial charge on any atom is 0.191 e. The SMILES string of the molecule is CCNC(=NCc1cccc(N(C)C)c1)NCc1ccc(C)s1.I. The average Bonchev–Trinajstić information content (AvgIpc) is 2.96. The summed E-state index contributed by atoms with van der Waals surface area (Å²) in [6.07, 6.45) is 0. The molecule has 0 saturated carbocycles. The molecule has 2 N–H and O–H groups in total. The molecule has 1 heterocycles. The molecule has 6 heteroatoms. The minimum Gasteiger partial charge on any atom is -0.378 e. The second-order valence-electron chi connectivity index (χ2n) is 5.63. The van der Waals surface area contributed by atoms with E-state index < -0.39 is 0 Å². The number of aryl methyl sites for hydroxylation is 1. The molecule has 0 aliphatic carbocycles. The number of guanidine groups is 1. The fourth-order valence-corrected chi connectivity index (χ4v) is 3.03. The zero-order valence-corrected chi connectivity index (χ0v) is 17.9. The van der Waals surface area contributed by atoms with Gasteiger partial charge in [0.2, 0.25) is 0 Å². The Morgan fingerprint density at radius 1 is 1.17 bits per heavy atom. The van der Waals surface area contributed by atoms with Gasteiger partial charge in [-0.15, -0.1) is 35.3 Å². The highest BCUT2D eigenvalue weighted by Gasteiger charge is 2.01. The summed E-state index contributed by atoms with van der Waals surface area (Å²) >= 11 is 1.82. The van der Waals surface area contributed by atoms with Crippen LogP contribution in [-0.4, -0.2) is 26.6 Å². The van der Waals surface area contributed by atoms with Crippen LogP contribution in [0.25, 0.3) is 0 Å². The number of hydrogen-bond donors (Lipinski definition) is 2. The number of nitrogens with one attached hydrogen (secondary N) is 2. The third-order valence-corrected chi connectivity index (χ3v) is 4.42. The second-order valence-corrected chi connectivity index (χ2v) is 7.00. The van der Waals surface area contributed by atoms with Crippen LogP contribution in [0.4, 0.5) is 5.69 Å². The third-order valence-electron chi connectivity index (χ3n) is 3.42. The first-order valence-corrected chi connectivity index (χ1v) is 8.74. The molecule has 0 aliphatic rings. The van der Waals surface area contributed by atoms with Gasteiger partial charge in [0.15, 0.2) is 5.96 Å². The van der Waals surface area contributed by atoms with Crippen LogP contribution in [0.1, 0.15) is 22.2 Å². The van der Waals surface area contributed by atoms with Gasteiger partial charge >= 0.3 is 0 Å². The topological polar surface area (TPSA) is 39.7 Å². The van der Waals surface area contributed by atoms with Gasteiger partial charge in [-0.1, -0.05) is 12.1 Å². The fraction of sp³-hybridized carbons (Fsp3) is 0.389. The first kappa shape index (κ1) is 20.8. The number of anilines is 1. The molecule has 0 spiro atoms. The van der Waals surface area contributed by atoms with Crippen molar-refractivity contribution >= 4 is 47.0 Å². The van der Waals surface area contributed by atoms with E-state index in [4.69, 9.17) is 0 Å². The first-order chi connectivity index (χ1) is 11.1. The van der Waals surface area contributed by atoms with Crippen molar-refractivity contribution < 1.29 is 0 Å². The number of rotatable bonds is 6. The lowest BCUT2D eigenvalue weighted by atomic mass is 10.2. The molecule has 132 valence electrons. The summed E-state index contributed by atoms with van der Waals surface area (Å²) in [6.45, 7) is 6.54. The lowest BCUT2D eigenvalue weighted by Gasteiger charge is -2.14. The van der Waals surface area contributed by atoms with Crippen molar-refractivity contribution in [3.8, 4) is 0 Å². The van der Waals surface area contributed by atoms with Gasteiger partial charge in [-0.25, -0.2) is 4.99 Å². The van der Waals surface area contributed by atoms with Gasteiger partial charge in [0.05, 0.1) is 13.1 Å². The molecule has 0 saturated heterocycles. The molecule has 0 aliphatic heterocycles. The molecule has 0 radical (unpaired) electrons. The average molecular weight is 458 g/mol. The number of hydrogen-bond acceptors (Lipinski definition) is 3. The maximum absolute atomic E-state index is 4.69. The van der Waals surface area contributed by atoms with E-state index in [1.54, 1.807) is 0 Å². The van der Waals surface area contributed by atoms with Crippen LogP contribution < -0.4 is 15.5 Å². The number of benzene rings is 1. The van der Waals surface area contributed by atoms with E-state index in [-0.39, 0.29) is 24.0 Å². The van der Waals surface area contributed by atoms with E-state index in [2.05, 4.69) is 84.9 Å². The molecule has 0 amide bonds. The molecule has 0 atom stereocenters. The molecule has 0 bridgehead atoms. The van der Waals surface area contributed by atoms with Gasteiger partial charge < -0.3 is 15.5 Å². The van der Waals surface area contributed by atoms with Gasteiger partial charge in [-0.2, -0.15) is 0 Å². The minimum absolute atomic E-state index is 0. The van der Waals surface area contributed by atoms with Crippen LogP contribution in [0.2, 0.25) is 0 Å². The van der Waals surface area contributed by atoms with Crippen molar-refractivity contribution in [2.75, 3.05) is 25.5 Å². The highest BCUT2D eigenvalue weighted by molar-refractivity contribution is 14.0. The molecule has 1 aromatic heterocycles. The van der Waals surface area contributed by atoms with Crippen molar-refractivity contribution in [3.63, 3.8) is 0 Å². The molecular weight excluding hydrogens is 431 g/mol. The van der Waals surface area contributed by atoms with E-state index in [9.17, 15) is 0 Å². The highest BCUT2D eigenvalue weighted by atomic mass is 127. The van der Waals surface area contributed by atoms with Crippen LogP contribution in [-0.2, 0) is 13.1 Å². The molecule has 4 nitrogen and oxygen atoms in total. The summed E-state index contributed by atoms with van der Waals surface area (Å²) in [7, 11) is 4.11. The molecule has 0 unspecified atom stereocenters. The molecular formula is C18H27IN4S. The van der Waals surface area contributed by atoms with Crippen molar-refractivity contribution in [1.29, 1.82) is 0 Å². The van der Waals surface area contributed by atoms with Crippen molar-refractivity contribution in [3.05, 3.63) is 51.7 Å². The summed E-state index contributed by atoms with van der Waals surface area (Å²) in [5, 5.41) is 6.70. The zero-order valence-electron chi connectivity index (χ0n) is 14.8. The predicted octanol–water partition coefficient (Wildman–Crippen LogP) is 4.00. The lowest BCUT2D eigenvalue weighted by Crippen LogP contribution is -2.36. The summed E-state index contributed by atoms with van der Waals surface area (Å²) < 4.78 is 0. The Morgan fingerprint density at radius 2 is 1.96 bits per heavy atom. The largest absolute Gasteiger partial charge is 0.378 e. The van der Waals surface area contributed by atoms with Crippen molar-refractivity contribution in [1.82, 2.24) is 10.6 Å². The van der Waals surface area contributed by atoms with E-state index >= 15 is 0 Å². The van der Waals surface area contributed by atoms with Crippen LogP contribution in [0.5, 0.6) is 0 Å².